The Balaban J connectivity index is 2.34. The molecule has 98 valence electrons. The molecule has 5 heteroatoms. The maximum absolute atomic E-state index is 8.76. The van der Waals surface area contributed by atoms with Gasteiger partial charge in [-0.2, -0.15) is 10.4 Å². The van der Waals surface area contributed by atoms with E-state index in [9.17, 15) is 0 Å². The molecular weight excluding hydrogens is 240 g/mol. The van der Waals surface area contributed by atoms with Crippen LogP contribution in [0.2, 0.25) is 0 Å². The molecule has 0 spiro atoms. The number of hydrogen-bond acceptors (Lipinski definition) is 4. The summed E-state index contributed by atoms with van der Waals surface area (Å²) in [5.74, 6) is 1.41. The van der Waals surface area contributed by atoms with Gasteiger partial charge in [-0.05, 0) is 37.6 Å². The summed E-state index contributed by atoms with van der Waals surface area (Å²) in [4.78, 5) is 0. The molecule has 1 aromatic heterocycles. The zero-order valence-electron chi connectivity index (χ0n) is 11.3. The maximum Gasteiger partial charge on any atom is 0.171 e. The van der Waals surface area contributed by atoms with Crippen LogP contribution in [0.25, 0.3) is 0 Å². The lowest BCUT2D eigenvalue weighted by Crippen LogP contribution is -1.95. The van der Waals surface area contributed by atoms with Crippen molar-refractivity contribution in [2.45, 2.75) is 20.3 Å². The highest BCUT2D eigenvalue weighted by atomic mass is 16.5. The smallest absolute Gasteiger partial charge is 0.171 e. The first-order valence-corrected chi connectivity index (χ1v) is 5.96. The van der Waals surface area contributed by atoms with Gasteiger partial charge in [0.2, 0.25) is 0 Å². The fraction of sp³-hybridized carbons (Fsp3) is 0.286. The minimum Gasteiger partial charge on any atom is -0.453 e. The minimum absolute atomic E-state index is 0.272. The molecule has 0 aliphatic carbocycles. The van der Waals surface area contributed by atoms with Gasteiger partial charge in [0, 0.05) is 12.7 Å². The lowest BCUT2D eigenvalue weighted by molar-refractivity contribution is 0.473. The van der Waals surface area contributed by atoms with Gasteiger partial charge < -0.3 is 10.5 Å². The van der Waals surface area contributed by atoms with Gasteiger partial charge in [-0.3, -0.25) is 4.68 Å². The fourth-order valence-corrected chi connectivity index (χ4v) is 1.90. The number of aromatic nitrogens is 2. The number of nitrogens with zero attached hydrogens (tertiary/aromatic N) is 3. The van der Waals surface area contributed by atoms with Crippen molar-refractivity contribution in [3.8, 4) is 17.6 Å². The van der Waals surface area contributed by atoms with Gasteiger partial charge in [0.1, 0.15) is 11.4 Å². The number of benzene rings is 1. The van der Waals surface area contributed by atoms with E-state index in [1.165, 1.54) is 0 Å². The molecule has 0 saturated carbocycles. The molecule has 0 aliphatic rings. The van der Waals surface area contributed by atoms with Gasteiger partial charge >= 0.3 is 0 Å². The van der Waals surface area contributed by atoms with Crippen molar-refractivity contribution in [1.29, 1.82) is 5.26 Å². The van der Waals surface area contributed by atoms with Crippen LogP contribution in [-0.4, -0.2) is 9.78 Å². The van der Waals surface area contributed by atoms with Crippen molar-refractivity contribution in [2.24, 2.45) is 7.05 Å². The molecule has 0 aliphatic heterocycles. The predicted molar refractivity (Wildman–Crippen MR) is 72.9 cm³/mol. The second-order valence-corrected chi connectivity index (χ2v) is 4.42. The summed E-state index contributed by atoms with van der Waals surface area (Å²) in [5, 5.41) is 13.1. The van der Waals surface area contributed by atoms with Crippen molar-refractivity contribution >= 4 is 5.69 Å². The van der Waals surface area contributed by atoms with Gasteiger partial charge in [0.15, 0.2) is 5.75 Å². The summed E-state index contributed by atoms with van der Waals surface area (Å²) in [6.45, 7) is 3.85. The average molecular weight is 256 g/mol. The quantitative estimate of drug-likeness (QED) is 0.856. The molecule has 0 bridgehead atoms. The highest BCUT2D eigenvalue weighted by Gasteiger charge is 2.12. The molecule has 0 amide bonds. The monoisotopic (exact) mass is 256 g/mol. The van der Waals surface area contributed by atoms with E-state index in [1.807, 2.05) is 20.9 Å². The molecule has 0 fully saturated rings. The van der Waals surface area contributed by atoms with Crippen molar-refractivity contribution < 1.29 is 4.74 Å². The largest absolute Gasteiger partial charge is 0.453 e. The first-order valence-electron chi connectivity index (χ1n) is 5.96. The minimum atomic E-state index is 0.272. The number of rotatable bonds is 3. The third kappa shape index (κ3) is 2.52. The van der Waals surface area contributed by atoms with E-state index in [0.29, 0.717) is 11.4 Å². The van der Waals surface area contributed by atoms with Crippen LogP contribution in [0.15, 0.2) is 18.2 Å². The molecule has 5 nitrogen and oxygen atoms in total. The number of aryl methyl sites for hydroxylation is 2. The fourth-order valence-electron chi connectivity index (χ4n) is 1.90. The van der Waals surface area contributed by atoms with E-state index >= 15 is 0 Å². The summed E-state index contributed by atoms with van der Waals surface area (Å²) in [5.41, 5.74) is 8.98. The third-order valence-electron chi connectivity index (χ3n) is 3.05. The van der Waals surface area contributed by atoms with E-state index in [1.54, 1.807) is 22.9 Å². The molecular formula is C14H16N4O. The molecule has 0 radical (unpaired) electrons. The van der Waals surface area contributed by atoms with Crippen molar-refractivity contribution in [2.75, 3.05) is 5.73 Å². The van der Waals surface area contributed by atoms with Crippen LogP contribution in [-0.2, 0) is 13.5 Å². The number of nitrogen functional groups attached to an aromatic ring is 1. The van der Waals surface area contributed by atoms with Gasteiger partial charge in [-0.1, -0.05) is 0 Å². The van der Waals surface area contributed by atoms with Crippen molar-refractivity contribution in [3.63, 3.8) is 0 Å². The van der Waals surface area contributed by atoms with E-state index in [0.717, 1.165) is 22.7 Å². The lowest BCUT2D eigenvalue weighted by Gasteiger charge is -2.08. The van der Waals surface area contributed by atoms with Gasteiger partial charge in [-0.25, -0.2) is 0 Å². The Labute approximate surface area is 112 Å². The molecule has 2 rings (SSSR count). The highest BCUT2D eigenvalue weighted by Crippen LogP contribution is 2.29. The second kappa shape index (κ2) is 5.02. The Hall–Kier alpha value is -2.48. The van der Waals surface area contributed by atoms with E-state index < -0.39 is 0 Å². The van der Waals surface area contributed by atoms with Crippen LogP contribution in [0.1, 0.15) is 17.0 Å². The second-order valence-electron chi connectivity index (χ2n) is 4.42. The van der Waals surface area contributed by atoms with Gasteiger partial charge in [-0.15, -0.1) is 0 Å². The number of ether oxygens (including phenoxy) is 1. The molecule has 1 aromatic carbocycles. The molecule has 2 N–H and O–H groups in total. The van der Waals surface area contributed by atoms with E-state index in [4.69, 9.17) is 15.7 Å². The van der Waals surface area contributed by atoms with Crippen LogP contribution in [0.4, 0.5) is 5.69 Å². The first-order chi connectivity index (χ1) is 9.02. The molecule has 0 saturated heterocycles. The normalized spacial score (nSPS) is 10.2. The van der Waals surface area contributed by atoms with Gasteiger partial charge in [0.25, 0.3) is 0 Å². The maximum atomic E-state index is 8.76. The zero-order chi connectivity index (χ0) is 14.0. The summed E-state index contributed by atoms with van der Waals surface area (Å²) in [6, 6.07) is 7.43. The highest BCUT2D eigenvalue weighted by molar-refractivity contribution is 5.52. The molecule has 0 atom stereocenters. The Bertz CT molecular complexity index is 652. The number of nitriles is 1. The molecule has 0 unspecified atom stereocenters. The van der Waals surface area contributed by atoms with Gasteiger partial charge in [0.05, 0.1) is 18.2 Å². The number of anilines is 1. The summed E-state index contributed by atoms with van der Waals surface area (Å²) in [6.07, 6.45) is 0.272. The Kier molecular flexibility index (Phi) is 3.43. The summed E-state index contributed by atoms with van der Waals surface area (Å²) in [7, 11) is 1.87. The molecule has 1 heterocycles. The third-order valence-corrected chi connectivity index (χ3v) is 3.05. The summed E-state index contributed by atoms with van der Waals surface area (Å²) >= 11 is 0. The van der Waals surface area contributed by atoms with Crippen LogP contribution < -0.4 is 10.5 Å². The van der Waals surface area contributed by atoms with Crippen LogP contribution in [0.3, 0.4) is 0 Å². The van der Waals surface area contributed by atoms with E-state index in [2.05, 4.69) is 11.2 Å². The van der Waals surface area contributed by atoms with Crippen LogP contribution >= 0.6 is 0 Å². The SMILES string of the molecule is Cc1nn(C)c(C)c1Oc1ccc(N)c(CC#N)c1. The summed E-state index contributed by atoms with van der Waals surface area (Å²) < 4.78 is 7.63. The number of nitrogens with two attached hydrogens (primary N) is 1. The lowest BCUT2D eigenvalue weighted by atomic mass is 10.1. The van der Waals surface area contributed by atoms with Crippen LogP contribution in [0.5, 0.6) is 11.5 Å². The number of hydrogen-bond donors (Lipinski definition) is 1. The van der Waals surface area contributed by atoms with Crippen molar-refractivity contribution in [1.82, 2.24) is 9.78 Å². The Morgan fingerprint density at radius 2 is 2.16 bits per heavy atom. The topological polar surface area (TPSA) is 76.9 Å². The van der Waals surface area contributed by atoms with Crippen molar-refractivity contribution in [3.05, 3.63) is 35.2 Å². The molecule has 2 aromatic rings. The standard InChI is InChI=1S/C14H16N4O/c1-9-14(10(2)18(3)17-9)19-12-4-5-13(16)11(8-12)6-7-15/h4-5,8H,6,16H2,1-3H3. The van der Waals surface area contributed by atoms with E-state index in [-0.39, 0.29) is 6.42 Å². The average Bonchev–Trinajstić information content (AvgIpc) is 2.60. The predicted octanol–water partition coefficient (Wildman–Crippen LogP) is 2.48. The molecule has 19 heavy (non-hydrogen) atoms. The Morgan fingerprint density at radius 1 is 1.42 bits per heavy atom. The first kappa shape index (κ1) is 13.0. The van der Waals surface area contributed by atoms with Crippen LogP contribution in [0, 0.1) is 25.2 Å². The Morgan fingerprint density at radius 3 is 2.74 bits per heavy atom. The zero-order valence-corrected chi connectivity index (χ0v) is 11.3.